The Bertz CT molecular complexity index is 863. The molecule has 168 valence electrons. The molecule has 0 bridgehead atoms. The molecular formula is C24H30O6S. The van der Waals surface area contributed by atoms with E-state index < -0.39 is 0 Å². The summed E-state index contributed by atoms with van der Waals surface area (Å²) < 4.78 is 16.5. The molecule has 1 N–H and O–H groups in total. The maximum absolute atomic E-state index is 11.6. The van der Waals surface area contributed by atoms with Crippen LogP contribution >= 0.6 is 11.8 Å². The van der Waals surface area contributed by atoms with Gasteiger partial charge in [-0.25, -0.2) is 0 Å². The first-order chi connectivity index (χ1) is 15.0. The number of phenolic OH excluding ortho intramolecular Hbond substituents is 1. The molecule has 0 aliphatic rings. The van der Waals surface area contributed by atoms with Gasteiger partial charge in [-0.1, -0.05) is 13.3 Å². The van der Waals surface area contributed by atoms with Crippen molar-refractivity contribution in [2.24, 2.45) is 0 Å². The van der Waals surface area contributed by atoms with Crippen molar-refractivity contribution in [3.05, 3.63) is 47.5 Å². The van der Waals surface area contributed by atoms with E-state index in [9.17, 15) is 14.7 Å². The van der Waals surface area contributed by atoms with E-state index in [1.807, 2.05) is 31.2 Å². The lowest BCUT2D eigenvalue weighted by molar-refractivity contribution is -0.139. The number of esters is 1. The van der Waals surface area contributed by atoms with Crippen LogP contribution in [0.1, 0.15) is 49.5 Å². The molecule has 0 fully saturated rings. The van der Waals surface area contributed by atoms with Crippen LogP contribution in [-0.2, 0) is 16.0 Å². The zero-order valence-corrected chi connectivity index (χ0v) is 19.1. The molecule has 0 unspecified atom stereocenters. The Kier molecular flexibility index (Phi) is 10.2. The molecule has 31 heavy (non-hydrogen) atoms. The normalized spacial score (nSPS) is 10.5. The minimum atomic E-state index is -0.223. The second-order valence-corrected chi connectivity index (χ2v) is 7.91. The molecule has 0 heterocycles. The number of rotatable bonds is 13. The van der Waals surface area contributed by atoms with Gasteiger partial charge in [-0.3, -0.25) is 9.59 Å². The zero-order chi connectivity index (χ0) is 22.6. The average Bonchev–Trinajstić information content (AvgIpc) is 2.75. The van der Waals surface area contributed by atoms with Gasteiger partial charge >= 0.3 is 5.97 Å². The van der Waals surface area contributed by atoms with Crippen LogP contribution in [0.25, 0.3) is 0 Å². The van der Waals surface area contributed by atoms with Crippen molar-refractivity contribution in [2.75, 3.05) is 25.6 Å². The monoisotopic (exact) mass is 446 g/mol. The molecule has 0 spiro atoms. The van der Waals surface area contributed by atoms with Crippen LogP contribution in [0.2, 0.25) is 0 Å². The summed E-state index contributed by atoms with van der Waals surface area (Å²) in [7, 11) is 0. The maximum Gasteiger partial charge on any atom is 0.316 e. The zero-order valence-electron chi connectivity index (χ0n) is 18.3. The Morgan fingerprint density at radius 3 is 2.35 bits per heavy atom. The topological polar surface area (TPSA) is 82.1 Å². The van der Waals surface area contributed by atoms with E-state index in [0.717, 1.165) is 17.1 Å². The van der Waals surface area contributed by atoms with E-state index in [1.165, 1.54) is 18.7 Å². The SMILES string of the molecule is CCCc1c(OCCCOc2ccc(SCC(=O)OCC)cc2)ccc(C(C)=O)c1O. The van der Waals surface area contributed by atoms with Crippen molar-refractivity contribution in [1.82, 2.24) is 0 Å². The van der Waals surface area contributed by atoms with Gasteiger partial charge in [0.1, 0.15) is 17.2 Å². The Morgan fingerprint density at radius 1 is 1.00 bits per heavy atom. The summed E-state index contributed by atoms with van der Waals surface area (Å²) in [6.45, 7) is 6.55. The standard InChI is InChI=1S/C24H30O6S/c1-4-7-21-22(13-12-20(17(3)25)24(21)27)30-15-6-14-29-18-8-10-19(11-9-18)31-16-23(26)28-5-2/h8-13,27H,4-7,14-16H2,1-3H3. The van der Waals surface area contributed by atoms with E-state index in [-0.39, 0.29) is 23.3 Å². The summed E-state index contributed by atoms with van der Waals surface area (Å²) in [4.78, 5) is 24.0. The summed E-state index contributed by atoms with van der Waals surface area (Å²) in [5.41, 5.74) is 0.995. The summed E-state index contributed by atoms with van der Waals surface area (Å²) in [6.07, 6.45) is 2.14. The molecule has 6 nitrogen and oxygen atoms in total. The Labute approximate surface area is 187 Å². The quantitative estimate of drug-likeness (QED) is 0.199. The Hall–Kier alpha value is -2.67. The number of ether oxygens (including phenoxy) is 3. The van der Waals surface area contributed by atoms with Crippen LogP contribution in [0.5, 0.6) is 17.2 Å². The van der Waals surface area contributed by atoms with Crippen molar-refractivity contribution >= 4 is 23.5 Å². The molecule has 0 saturated heterocycles. The molecule has 0 atom stereocenters. The molecule has 7 heteroatoms. The Morgan fingerprint density at radius 2 is 1.71 bits per heavy atom. The van der Waals surface area contributed by atoms with E-state index in [2.05, 4.69) is 0 Å². The minimum Gasteiger partial charge on any atom is -0.507 e. The number of hydrogen-bond donors (Lipinski definition) is 1. The highest BCUT2D eigenvalue weighted by atomic mass is 32.2. The second-order valence-electron chi connectivity index (χ2n) is 6.86. The number of aromatic hydroxyl groups is 1. The molecule has 0 radical (unpaired) electrons. The number of benzene rings is 2. The third-order valence-corrected chi connectivity index (χ3v) is 5.41. The second kappa shape index (κ2) is 12.9. The van der Waals surface area contributed by atoms with Crippen LogP contribution in [-0.4, -0.2) is 42.4 Å². The lowest BCUT2D eigenvalue weighted by Crippen LogP contribution is -2.07. The molecule has 2 rings (SSSR count). The predicted octanol–water partition coefficient (Wildman–Crippen LogP) is 5.05. The van der Waals surface area contributed by atoms with Crippen molar-refractivity contribution in [1.29, 1.82) is 0 Å². The van der Waals surface area contributed by atoms with E-state index in [4.69, 9.17) is 14.2 Å². The van der Waals surface area contributed by atoms with Crippen molar-refractivity contribution in [3.63, 3.8) is 0 Å². The minimum absolute atomic E-state index is 0.0176. The maximum atomic E-state index is 11.6. The first kappa shape index (κ1) is 24.6. The molecule has 0 aromatic heterocycles. The van der Waals surface area contributed by atoms with E-state index in [1.54, 1.807) is 19.1 Å². The van der Waals surface area contributed by atoms with Gasteiger partial charge < -0.3 is 19.3 Å². The number of thioether (sulfide) groups is 1. The van der Waals surface area contributed by atoms with Crippen LogP contribution in [0.3, 0.4) is 0 Å². The summed E-state index contributed by atoms with van der Waals surface area (Å²) in [5, 5.41) is 10.4. The lowest BCUT2D eigenvalue weighted by atomic mass is 10.0. The molecule has 2 aromatic carbocycles. The molecule has 2 aromatic rings. The first-order valence-electron chi connectivity index (χ1n) is 10.5. The number of phenols is 1. The van der Waals surface area contributed by atoms with Crippen molar-refractivity contribution < 1.29 is 28.9 Å². The van der Waals surface area contributed by atoms with Crippen LogP contribution < -0.4 is 9.47 Å². The highest BCUT2D eigenvalue weighted by Crippen LogP contribution is 2.33. The number of hydrogen-bond acceptors (Lipinski definition) is 7. The highest BCUT2D eigenvalue weighted by Gasteiger charge is 2.15. The molecule has 0 aliphatic heterocycles. The first-order valence-corrected chi connectivity index (χ1v) is 11.4. The van der Waals surface area contributed by atoms with Gasteiger partial charge in [0.25, 0.3) is 0 Å². The van der Waals surface area contributed by atoms with Gasteiger partial charge in [0.2, 0.25) is 0 Å². The third-order valence-electron chi connectivity index (χ3n) is 4.42. The molecule has 0 aliphatic carbocycles. The van der Waals surface area contributed by atoms with Crippen LogP contribution in [0.15, 0.2) is 41.3 Å². The average molecular weight is 447 g/mol. The fraction of sp³-hybridized carbons (Fsp3) is 0.417. The largest absolute Gasteiger partial charge is 0.507 e. The van der Waals surface area contributed by atoms with Crippen LogP contribution in [0, 0.1) is 0 Å². The van der Waals surface area contributed by atoms with Gasteiger partial charge in [0.15, 0.2) is 5.78 Å². The number of carbonyl (C=O) groups is 2. The summed E-state index contributed by atoms with van der Waals surface area (Å²) in [5.74, 6) is 1.26. The number of Topliss-reactive ketones (excluding diaryl/α,β-unsaturated/α-hetero) is 1. The smallest absolute Gasteiger partial charge is 0.316 e. The molecular weight excluding hydrogens is 416 g/mol. The van der Waals surface area contributed by atoms with Gasteiger partial charge in [-0.05, 0) is 56.7 Å². The lowest BCUT2D eigenvalue weighted by Gasteiger charge is -2.15. The Balaban J connectivity index is 1.79. The van der Waals surface area contributed by atoms with Gasteiger partial charge in [0, 0.05) is 16.9 Å². The number of carbonyl (C=O) groups excluding carboxylic acids is 2. The van der Waals surface area contributed by atoms with Crippen molar-refractivity contribution in [2.45, 2.75) is 44.9 Å². The fourth-order valence-corrected chi connectivity index (χ4v) is 3.63. The highest BCUT2D eigenvalue weighted by molar-refractivity contribution is 8.00. The van der Waals surface area contributed by atoms with Gasteiger partial charge in [-0.2, -0.15) is 0 Å². The predicted molar refractivity (Wildman–Crippen MR) is 122 cm³/mol. The fourth-order valence-electron chi connectivity index (χ4n) is 2.94. The van der Waals surface area contributed by atoms with E-state index >= 15 is 0 Å². The van der Waals surface area contributed by atoms with Gasteiger partial charge in [-0.15, -0.1) is 11.8 Å². The molecule has 0 saturated carbocycles. The summed E-state index contributed by atoms with van der Waals surface area (Å²) >= 11 is 1.42. The van der Waals surface area contributed by atoms with Gasteiger partial charge in [0.05, 0.1) is 31.1 Å². The number of ketones is 1. The third kappa shape index (κ3) is 7.83. The van der Waals surface area contributed by atoms with Crippen LogP contribution in [0.4, 0.5) is 0 Å². The van der Waals surface area contributed by atoms with E-state index in [0.29, 0.717) is 49.5 Å². The summed E-state index contributed by atoms with van der Waals surface area (Å²) in [6, 6.07) is 10.9. The molecule has 0 amide bonds. The van der Waals surface area contributed by atoms with Crippen molar-refractivity contribution in [3.8, 4) is 17.2 Å².